The van der Waals surface area contributed by atoms with E-state index in [0.717, 1.165) is 25.7 Å². The molecule has 15 heavy (non-hydrogen) atoms. The molecule has 0 saturated carbocycles. The van der Waals surface area contributed by atoms with Gasteiger partial charge >= 0.3 is 0 Å². The summed E-state index contributed by atoms with van der Waals surface area (Å²) in [6.07, 6.45) is 4.12. The molecule has 0 bridgehead atoms. The molecule has 2 fully saturated rings. The molecule has 2 atom stereocenters. The molecular weight excluding hydrogens is 186 g/mol. The predicted octanol–water partition coefficient (Wildman–Crippen LogP) is 2.53. The molecule has 0 aromatic heterocycles. The van der Waals surface area contributed by atoms with Crippen molar-refractivity contribution in [2.24, 2.45) is 11.3 Å². The van der Waals surface area contributed by atoms with E-state index in [9.17, 15) is 0 Å². The number of ether oxygens (including phenoxy) is 1. The number of hydrogen-bond acceptors (Lipinski definition) is 2. The van der Waals surface area contributed by atoms with Crippen molar-refractivity contribution in [3.05, 3.63) is 0 Å². The fraction of sp³-hybridized carbons (Fsp3) is 1.00. The van der Waals surface area contributed by atoms with E-state index in [1.807, 2.05) is 0 Å². The molecule has 2 rings (SSSR count). The Hall–Kier alpha value is -0.0800. The van der Waals surface area contributed by atoms with Gasteiger partial charge in [-0.05, 0) is 24.2 Å². The Bertz CT molecular complexity index is 209. The van der Waals surface area contributed by atoms with Crippen molar-refractivity contribution in [1.82, 2.24) is 4.90 Å². The molecule has 0 amide bonds. The molecule has 0 spiro atoms. The first-order chi connectivity index (χ1) is 7.07. The van der Waals surface area contributed by atoms with E-state index in [1.54, 1.807) is 0 Å². The average molecular weight is 211 g/mol. The SMILES string of the molecule is CC(C)(C)C1CCCC2COCCN2C1. The van der Waals surface area contributed by atoms with Crippen molar-refractivity contribution in [3.8, 4) is 0 Å². The fourth-order valence-corrected chi connectivity index (χ4v) is 2.88. The van der Waals surface area contributed by atoms with Gasteiger partial charge in [0.25, 0.3) is 0 Å². The summed E-state index contributed by atoms with van der Waals surface area (Å²) in [5.74, 6) is 0.862. The third-order valence-corrected chi connectivity index (χ3v) is 4.12. The van der Waals surface area contributed by atoms with Gasteiger partial charge in [0.2, 0.25) is 0 Å². The van der Waals surface area contributed by atoms with Crippen LogP contribution < -0.4 is 0 Å². The van der Waals surface area contributed by atoms with E-state index >= 15 is 0 Å². The first-order valence-electron chi connectivity index (χ1n) is 6.39. The van der Waals surface area contributed by atoms with Crippen molar-refractivity contribution in [3.63, 3.8) is 0 Å². The fourth-order valence-electron chi connectivity index (χ4n) is 2.88. The molecule has 0 aliphatic carbocycles. The Kier molecular flexibility index (Phi) is 3.36. The smallest absolute Gasteiger partial charge is 0.0622 e. The van der Waals surface area contributed by atoms with Crippen molar-refractivity contribution in [1.29, 1.82) is 0 Å². The van der Waals surface area contributed by atoms with Crippen LogP contribution in [0.2, 0.25) is 0 Å². The molecule has 2 aliphatic heterocycles. The van der Waals surface area contributed by atoms with E-state index in [0.29, 0.717) is 11.5 Å². The number of rotatable bonds is 0. The first kappa shape index (κ1) is 11.4. The van der Waals surface area contributed by atoms with Gasteiger partial charge in [0.1, 0.15) is 0 Å². The summed E-state index contributed by atoms with van der Waals surface area (Å²) in [5.41, 5.74) is 0.465. The minimum absolute atomic E-state index is 0.465. The monoisotopic (exact) mass is 211 g/mol. The highest BCUT2D eigenvalue weighted by molar-refractivity contribution is 4.85. The highest BCUT2D eigenvalue weighted by Gasteiger charge is 2.33. The topological polar surface area (TPSA) is 12.5 Å². The molecule has 2 aliphatic rings. The normalized spacial score (nSPS) is 34.6. The molecule has 0 radical (unpaired) electrons. The standard InChI is InChI=1S/C13H25NO/c1-13(2,3)11-5-4-6-12-10-15-8-7-14(12)9-11/h11-12H,4-10H2,1-3H3. The van der Waals surface area contributed by atoms with Crippen LogP contribution in [0.15, 0.2) is 0 Å². The van der Waals surface area contributed by atoms with Gasteiger partial charge in [-0.2, -0.15) is 0 Å². The molecule has 0 aromatic carbocycles. The maximum atomic E-state index is 5.57. The zero-order valence-corrected chi connectivity index (χ0v) is 10.5. The van der Waals surface area contributed by atoms with E-state index in [2.05, 4.69) is 25.7 Å². The summed E-state index contributed by atoms with van der Waals surface area (Å²) in [6.45, 7) is 11.5. The van der Waals surface area contributed by atoms with E-state index < -0.39 is 0 Å². The molecule has 0 aromatic rings. The van der Waals surface area contributed by atoms with Crippen LogP contribution in [-0.2, 0) is 4.74 Å². The van der Waals surface area contributed by atoms with Gasteiger partial charge < -0.3 is 4.74 Å². The Labute approximate surface area is 94.0 Å². The van der Waals surface area contributed by atoms with Crippen LogP contribution in [0, 0.1) is 11.3 Å². The van der Waals surface area contributed by atoms with Crippen LogP contribution in [0.25, 0.3) is 0 Å². The Morgan fingerprint density at radius 3 is 2.73 bits per heavy atom. The zero-order chi connectivity index (χ0) is 10.9. The zero-order valence-electron chi connectivity index (χ0n) is 10.5. The Morgan fingerprint density at radius 2 is 2.00 bits per heavy atom. The lowest BCUT2D eigenvalue weighted by Gasteiger charge is -2.38. The minimum Gasteiger partial charge on any atom is -0.378 e. The van der Waals surface area contributed by atoms with Gasteiger partial charge in [-0.25, -0.2) is 0 Å². The Morgan fingerprint density at radius 1 is 1.20 bits per heavy atom. The number of nitrogens with zero attached hydrogens (tertiary/aromatic N) is 1. The van der Waals surface area contributed by atoms with Gasteiger partial charge in [0, 0.05) is 19.1 Å². The third kappa shape index (κ3) is 2.73. The van der Waals surface area contributed by atoms with Crippen molar-refractivity contribution < 1.29 is 4.74 Å². The highest BCUT2D eigenvalue weighted by Crippen LogP contribution is 2.34. The highest BCUT2D eigenvalue weighted by atomic mass is 16.5. The maximum absolute atomic E-state index is 5.57. The summed E-state index contributed by atoms with van der Waals surface area (Å²) < 4.78 is 5.57. The van der Waals surface area contributed by atoms with Gasteiger partial charge in [-0.3, -0.25) is 4.90 Å². The van der Waals surface area contributed by atoms with Crippen LogP contribution >= 0.6 is 0 Å². The van der Waals surface area contributed by atoms with E-state index in [4.69, 9.17) is 4.74 Å². The second-order valence-electron chi connectivity index (χ2n) is 6.22. The summed E-state index contributed by atoms with van der Waals surface area (Å²) >= 11 is 0. The largest absolute Gasteiger partial charge is 0.378 e. The van der Waals surface area contributed by atoms with Crippen molar-refractivity contribution in [2.75, 3.05) is 26.3 Å². The molecular formula is C13H25NO. The van der Waals surface area contributed by atoms with Crippen LogP contribution in [0.1, 0.15) is 40.0 Å². The van der Waals surface area contributed by atoms with Crippen molar-refractivity contribution in [2.45, 2.75) is 46.1 Å². The maximum Gasteiger partial charge on any atom is 0.0622 e. The van der Waals surface area contributed by atoms with Crippen LogP contribution in [0.5, 0.6) is 0 Å². The van der Waals surface area contributed by atoms with Gasteiger partial charge in [-0.15, -0.1) is 0 Å². The number of hydrogen-bond donors (Lipinski definition) is 0. The second kappa shape index (κ2) is 4.42. The number of fused-ring (bicyclic) bond motifs is 1. The lowest BCUT2D eigenvalue weighted by atomic mass is 9.78. The number of morpholine rings is 1. The second-order valence-corrected chi connectivity index (χ2v) is 6.22. The molecule has 0 N–H and O–H groups in total. The summed E-state index contributed by atoms with van der Waals surface area (Å²) in [5, 5.41) is 0. The molecule has 2 heteroatoms. The lowest BCUT2D eigenvalue weighted by Crippen LogP contribution is -2.47. The predicted molar refractivity (Wildman–Crippen MR) is 63.0 cm³/mol. The molecule has 2 heterocycles. The quantitative estimate of drug-likeness (QED) is 0.610. The molecule has 88 valence electrons. The first-order valence-corrected chi connectivity index (χ1v) is 6.39. The van der Waals surface area contributed by atoms with E-state index in [-0.39, 0.29) is 0 Å². The molecule has 2 nitrogen and oxygen atoms in total. The minimum atomic E-state index is 0.465. The van der Waals surface area contributed by atoms with Crippen LogP contribution in [0.3, 0.4) is 0 Å². The van der Waals surface area contributed by atoms with Crippen molar-refractivity contribution >= 4 is 0 Å². The van der Waals surface area contributed by atoms with Crippen LogP contribution in [0.4, 0.5) is 0 Å². The molecule has 2 saturated heterocycles. The summed E-state index contributed by atoms with van der Waals surface area (Å²) in [7, 11) is 0. The van der Waals surface area contributed by atoms with Gasteiger partial charge in [0.05, 0.1) is 13.2 Å². The summed E-state index contributed by atoms with van der Waals surface area (Å²) in [4.78, 5) is 2.67. The molecule has 2 unspecified atom stereocenters. The summed E-state index contributed by atoms with van der Waals surface area (Å²) in [6, 6.07) is 0.714. The van der Waals surface area contributed by atoms with Gasteiger partial charge in [0.15, 0.2) is 0 Å². The third-order valence-electron chi connectivity index (χ3n) is 4.12. The lowest BCUT2D eigenvalue weighted by molar-refractivity contribution is -0.0161. The van der Waals surface area contributed by atoms with E-state index in [1.165, 1.54) is 25.8 Å². The van der Waals surface area contributed by atoms with Crippen LogP contribution in [-0.4, -0.2) is 37.2 Å². The van der Waals surface area contributed by atoms with Gasteiger partial charge in [-0.1, -0.05) is 27.2 Å². The average Bonchev–Trinajstić information content (AvgIpc) is 2.38. The Balaban J connectivity index is 2.01.